The number of hydrogen-bond acceptors (Lipinski definition) is 5. The molecule has 1 saturated heterocycles. The quantitative estimate of drug-likeness (QED) is 0.845. The fraction of sp³-hybridized carbons (Fsp3) is 0.667. The zero-order chi connectivity index (χ0) is 12.4. The highest BCUT2D eigenvalue weighted by Gasteiger charge is 2.25. The van der Waals surface area contributed by atoms with Crippen LogP contribution in [0, 0.1) is 6.92 Å². The molecule has 0 radical (unpaired) electrons. The van der Waals surface area contributed by atoms with Gasteiger partial charge in [0.1, 0.15) is 5.82 Å². The molecule has 0 saturated carbocycles. The van der Waals surface area contributed by atoms with E-state index >= 15 is 0 Å². The van der Waals surface area contributed by atoms with Gasteiger partial charge < -0.3 is 15.1 Å². The number of aryl methyl sites for hydroxylation is 1. The summed E-state index contributed by atoms with van der Waals surface area (Å²) in [4.78, 5) is 13.4. The van der Waals surface area contributed by atoms with Crippen LogP contribution in [0.3, 0.4) is 0 Å². The Labute approximate surface area is 103 Å². The summed E-state index contributed by atoms with van der Waals surface area (Å²) in [7, 11) is 6.13. The van der Waals surface area contributed by atoms with Crippen LogP contribution < -0.4 is 10.2 Å². The zero-order valence-electron chi connectivity index (χ0n) is 11.1. The molecule has 1 aromatic rings. The minimum absolute atomic E-state index is 0.628. The maximum absolute atomic E-state index is 4.51. The van der Waals surface area contributed by atoms with Crippen LogP contribution in [0.5, 0.6) is 0 Å². The van der Waals surface area contributed by atoms with Gasteiger partial charge in [-0.1, -0.05) is 0 Å². The molecular formula is C12H21N5. The second-order valence-corrected chi connectivity index (χ2v) is 4.79. The molecule has 1 N–H and O–H groups in total. The van der Waals surface area contributed by atoms with Crippen molar-refractivity contribution in [2.24, 2.45) is 0 Å². The predicted octanol–water partition coefficient (Wildman–Crippen LogP) is 0.967. The van der Waals surface area contributed by atoms with E-state index in [1.165, 1.54) is 6.42 Å². The highest BCUT2D eigenvalue weighted by Crippen LogP contribution is 2.21. The first kappa shape index (κ1) is 12.1. The van der Waals surface area contributed by atoms with Crippen LogP contribution in [-0.2, 0) is 0 Å². The molecule has 1 unspecified atom stereocenters. The van der Waals surface area contributed by atoms with Gasteiger partial charge in [0.25, 0.3) is 0 Å². The van der Waals surface area contributed by atoms with Gasteiger partial charge in [-0.3, -0.25) is 0 Å². The van der Waals surface area contributed by atoms with Crippen molar-refractivity contribution in [1.82, 2.24) is 14.9 Å². The Morgan fingerprint density at radius 1 is 1.41 bits per heavy atom. The highest BCUT2D eigenvalue weighted by molar-refractivity contribution is 5.45. The van der Waals surface area contributed by atoms with Crippen LogP contribution in [0.25, 0.3) is 0 Å². The molecule has 1 aliphatic heterocycles. The van der Waals surface area contributed by atoms with Gasteiger partial charge >= 0.3 is 0 Å². The lowest BCUT2D eigenvalue weighted by Gasteiger charge is -2.21. The maximum Gasteiger partial charge on any atom is 0.224 e. The number of hydrogen-bond donors (Lipinski definition) is 1. The summed E-state index contributed by atoms with van der Waals surface area (Å²) in [6.07, 6.45) is 1.20. The zero-order valence-corrected chi connectivity index (χ0v) is 11.1. The average molecular weight is 235 g/mol. The summed E-state index contributed by atoms with van der Waals surface area (Å²) in [5.41, 5.74) is 1.01. The smallest absolute Gasteiger partial charge is 0.224 e. The Morgan fingerprint density at radius 2 is 2.18 bits per heavy atom. The van der Waals surface area contributed by atoms with Crippen LogP contribution in [0.4, 0.5) is 11.8 Å². The van der Waals surface area contributed by atoms with E-state index in [0.29, 0.717) is 12.0 Å². The summed E-state index contributed by atoms with van der Waals surface area (Å²) >= 11 is 0. The molecule has 1 aromatic heterocycles. The molecule has 5 nitrogen and oxygen atoms in total. The number of aromatic nitrogens is 2. The monoisotopic (exact) mass is 235 g/mol. The molecule has 17 heavy (non-hydrogen) atoms. The van der Waals surface area contributed by atoms with Crippen molar-refractivity contribution < 1.29 is 0 Å². The van der Waals surface area contributed by atoms with Crippen molar-refractivity contribution in [3.05, 3.63) is 11.8 Å². The number of likely N-dealkylation sites (N-methyl/N-ethyl adjacent to an activating group) is 1. The topological polar surface area (TPSA) is 44.3 Å². The van der Waals surface area contributed by atoms with E-state index in [0.717, 1.165) is 24.6 Å². The molecule has 1 atom stereocenters. The second kappa shape index (κ2) is 4.87. The number of nitrogens with one attached hydrogen (secondary N) is 1. The molecule has 0 bridgehead atoms. The standard InChI is InChI=1S/C12H21N5/c1-9-7-11(15-12(13-2)14-9)17-6-5-10(8-17)16(3)4/h7,10H,5-6,8H2,1-4H3,(H,13,14,15). The van der Waals surface area contributed by atoms with Crippen molar-refractivity contribution >= 4 is 11.8 Å². The van der Waals surface area contributed by atoms with E-state index in [1.807, 2.05) is 14.0 Å². The Balaban J connectivity index is 2.15. The van der Waals surface area contributed by atoms with Crippen molar-refractivity contribution in [3.63, 3.8) is 0 Å². The molecular weight excluding hydrogens is 214 g/mol. The van der Waals surface area contributed by atoms with E-state index in [2.05, 4.69) is 45.2 Å². The summed E-state index contributed by atoms with van der Waals surface area (Å²) in [6.45, 7) is 4.13. The molecule has 0 aliphatic carbocycles. The predicted molar refractivity (Wildman–Crippen MR) is 70.6 cm³/mol. The molecule has 1 fully saturated rings. The Morgan fingerprint density at radius 3 is 2.76 bits per heavy atom. The van der Waals surface area contributed by atoms with Gasteiger partial charge in [-0.15, -0.1) is 0 Å². The first-order chi connectivity index (χ1) is 8.10. The summed E-state index contributed by atoms with van der Waals surface area (Å²) < 4.78 is 0. The second-order valence-electron chi connectivity index (χ2n) is 4.79. The average Bonchev–Trinajstić information content (AvgIpc) is 2.77. The van der Waals surface area contributed by atoms with E-state index in [4.69, 9.17) is 0 Å². The lowest BCUT2D eigenvalue weighted by atomic mass is 10.2. The van der Waals surface area contributed by atoms with E-state index in [-0.39, 0.29) is 0 Å². The van der Waals surface area contributed by atoms with Crippen molar-refractivity contribution in [1.29, 1.82) is 0 Å². The van der Waals surface area contributed by atoms with Crippen LogP contribution in [0.1, 0.15) is 12.1 Å². The number of nitrogens with zero attached hydrogens (tertiary/aromatic N) is 4. The first-order valence-electron chi connectivity index (χ1n) is 6.05. The fourth-order valence-corrected chi connectivity index (χ4v) is 2.20. The van der Waals surface area contributed by atoms with Gasteiger partial charge in [0.2, 0.25) is 5.95 Å². The third kappa shape index (κ3) is 2.66. The van der Waals surface area contributed by atoms with Crippen molar-refractivity contribution in [3.8, 4) is 0 Å². The van der Waals surface area contributed by atoms with Gasteiger partial charge in [-0.2, -0.15) is 4.98 Å². The minimum atomic E-state index is 0.628. The molecule has 0 aromatic carbocycles. The molecule has 5 heteroatoms. The van der Waals surface area contributed by atoms with Crippen LogP contribution in [-0.4, -0.2) is 55.1 Å². The molecule has 0 amide bonds. The third-order valence-electron chi connectivity index (χ3n) is 3.28. The lowest BCUT2D eigenvalue weighted by molar-refractivity contribution is 0.315. The van der Waals surface area contributed by atoms with Crippen LogP contribution >= 0.6 is 0 Å². The molecule has 94 valence electrons. The van der Waals surface area contributed by atoms with Crippen molar-refractivity contribution in [2.45, 2.75) is 19.4 Å². The molecule has 1 aliphatic rings. The maximum atomic E-state index is 4.51. The van der Waals surface area contributed by atoms with Gasteiger partial charge in [0.15, 0.2) is 0 Å². The van der Waals surface area contributed by atoms with Gasteiger partial charge in [-0.05, 0) is 27.4 Å². The Bertz CT molecular complexity index is 390. The lowest BCUT2D eigenvalue weighted by Crippen LogP contribution is -2.31. The van der Waals surface area contributed by atoms with E-state index in [9.17, 15) is 0 Å². The van der Waals surface area contributed by atoms with Crippen LogP contribution in [0.2, 0.25) is 0 Å². The van der Waals surface area contributed by atoms with E-state index < -0.39 is 0 Å². The summed E-state index contributed by atoms with van der Waals surface area (Å²) in [5, 5.41) is 3.01. The first-order valence-corrected chi connectivity index (χ1v) is 6.05. The number of rotatable bonds is 3. The molecule has 2 rings (SSSR count). The largest absolute Gasteiger partial charge is 0.357 e. The highest BCUT2D eigenvalue weighted by atomic mass is 15.3. The van der Waals surface area contributed by atoms with Crippen molar-refractivity contribution in [2.75, 3.05) is 44.4 Å². The SMILES string of the molecule is CNc1nc(C)cc(N2CCC(N(C)C)C2)n1. The minimum Gasteiger partial charge on any atom is -0.357 e. The Hall–Kier alpha value is -1.36. The summed E-state index contributed by atoms with van der Waals surface area (Å²) in [6, 6.07) is 2.68. The Kier molecular flexibility index (Phi) is 3.47. The van der Waals surface area contributed by atoms with E-state index in [1.54, 1.807) is 0 Å². The normalized spacial score (nSPS) is 20.1. The molecule has 0 spiro atoms. The van der Waals surface area contributed by atoms with Gasteiger partial charge in [-0.25, -0.2) is 4.98 Å². The molecule has 2 heterocycles. The third-order valence-corrected chi connectivity index (χ3v) is 3.28. The van der Waals surface area contributed by atoms with Gasteiger partial charge in [0.05, 0.1) is 0 Å². The number of anilines is 2. The van der Waals surface area contributed by atoms with Gasteiger partial charge in [0, 0.05) is 37.9 Å². The fourth-order valence-electron chi connectivity index (χ4n) is 2.20. The van der Waals surface area contributed by atoms with Crippen LogP contribution in [0.15, 0.2) is 6.07 Å². The summed E-state index contributed by atoms with van der Waals surface area (Å²) in [5.74, 6) is 1.74.